The van der Waals surface area contributed by atoms with Crippen LogP contribution in [0.3, 0.4) is 0 Å². The first-order valence-corrected chi connectivity index (χ1v) is 6.24. The van der Waals surface area contributed by atoms with Crippen molar-refractivity contribution in [2.45, 2.75) is 13.5 Å². The molecule has 0 aliphatic carbocycles. The van der Waals surface area contributed by atoms with Gasteiger partial charge in [0.25, 0.3) is 0 Å². The van der Waals surface area contributed by atoms with Gasteiger partial charge >= 0.3 is 5.97 Å². The summed E-state index contributed by atoms with van der Waals surface area (Å²) in [5.74, 6) is 0.117. The average Bonchev–Trinajstić information content (AvgIpc) is 2.47. The molecule has 104 valence electrons. The summed E-state index contributed by atoms with van der Waals surface area (Å²) in [5, 5.41) is 3.17. The predicted octanol–water partition coefficient (Wildman–Crippen LogP) is 2.37. The zero-order valence-electron chi connectivity index (χ0n) is 11.5. The minimum absolute atomic E-state index is 0.304. The first-order valence-electron chi connectivity index (χ1n) is 6.24. The number of benzene rings is 1. The molecule has 0 spiro atoms. The molecule has 3 N–H and O–H groups in total. The number of rotatable bonds is 4. The highest BCUT2D eigenvalue weighted by Gasteiger charge is 2.11. The van der Waals surface area contributed by atoms with E-state index in [9.17, 15) is 4.79 Å². The van der Waals surface area contributed by atoms with Gasteiger partial charge in [0.15, 0.2) is 0 Å². The Labute approximate surface area is 117 Å². The van der Waals surface area contributed by atoms with E-state index in [1.165, 1.54) is 24.4 Å². The van der Waals surface area contributed by atoms with Crippen molar-refractivity contribution in [3.05, 3.63) is 53.2 Å². The number of esters is 1. The molecule has 0 aliphatic heterocycles. The van der Waals surface area contributed by atoms with Crippen molar-refractivity contribution in [1.29, 1.82) is 0 Å². The van der Waals surface area contributed by atoms with Crippen molar-refractivity contribution in [1.82, 2.24) is 4.98 Å². The van der Waals surface area contributed by atoms with E-state index in [1.54, 1.807) is 6.07 Å². The fourth-order valence-electron chi connectivity index (χ4n) is 1.84. The summed E-state index contributed by atoms with van der Waals surface area (Å²) >= 11 is 0. The van der Waals surface area contributed by atoms with E-state index < -0.39 is 5.97 Å². The summed E-state index contributed by atoms with van der Waals surface area (Å²) in [6.07, 6.45) is 1.45. The van der Waals surface area contributed by atoms with Crippen molar-refractivity contribution in [2.24, 2.45) is 0 Å². The van der Waals surface area contributed by atoms with Crippen LogP contribution in [-0.4, -0.2) is 18.1 Å². The summed E-state index contributed by atoms with van der Waals surface area (Å²) in [5.41, 5.74) is 8.69. The van der Waals surface area contributed by atoms with Crippen molar-refractivity contribution < 1.29 is 9.53 Å². The van der Waals surface area contributed by atoms with Gasteiger partial charge in [-0.25, -0.2) is 9.78 Å². The lowest BCUT2D eigenvalue weighted by molar-refractivity contribution is 0.0602. The molecule has 0 saturated heterocycles. The summed E-state index contributed by atoms with van der Waals surface area (Å²) < 4.78 is 4.68. The summed E-state index contributed by atoms with van der Waals surface area (Å²) in [4.78, 5) is 15.7. The van der Waals surface area contributed by atoms with E-state index in [1.807, 2.05) is 31.2 Å². The predicted molar refractivity (Wildman–Crippen MR) is 78.5 cm³/mol. The lowest BCUT2D eigenvalue weighted by atomic mass is 10.1. The second-order valence-electron chi connectivity index (χ2n) is 4.43. The van der Waals surface area contributed by atoms with Crippen molar-refractivity contribution in [2.75, 3.05) is 18.2 Å². The zero-order chi connectivity index (χ0) is 14.5. The van der Waals surface area contributed by atoms with Crippen molar-refractivity contribution in [3.63, 3.8) is 0 Å². The molecule has 5 nitrogen and oxygen atoms in total. The number of carbonyl (C=O) groups excluding carboxylic acids is 1. The van der Waals surface area contributed by atoms with Gasteiger partial charge in [-0.3, -0.25) is 0 Å². The maximum absolute atomic E-state index is 11.6. The van der Waals surface area contributed by atoms with Crippen LogP contribution in [0.15, 0.2) is 36.5 Å². The second kappa shape index (κ2) is 6.06. The number of carbonyl (C=O) groups is 1. The molecule has 5 heteroatoms. The van der Waals surface area contributed by atoms with Gasteiger partial charge in [-0.1, -0.05) is 24.3 Å². The Morgan fingerprint density at radius 1 is 1.40 bits per heavy atom. The van der Waals surface area contributed by atoms with Gasteiger partial charge in [-0.2, -0.15) is 0 Å². The SMILES string of the molecule is COC(=O)c1cc(NCc2ccccc2C)ncc1N. The van der Waals surface area contributed by atoms with Crippen LogP contribution in [0.1, 0.15) is 21.5 Å². The van der Waals surface area contributed by atoms with Gasteiger partial charge < -0.3 is 15.8 Å². The standard InChI is InChI=1S/C15H17N3O2/c1-10-5-3-4-6-11(10)8-17-14-7-12(15(19)20-2)13(16)9-18-14/h3-7,9H,8,16H2,1-2H3,(H,17,18). The van der Waals surface area contributed by atoms with E-state index in [0.29, 0.717) is 23.6 Å². The molecule has 0 amide bonds. The van der Waals surface area contributed by atoms with E-state index in [-0.39, 0.29) is 0 Å². The van der Waals surface area contributed by atoms with Crippen LogP contribution in [0.4, 0.5) is 11.5 Å². The van der Waals surface area contributed by atoms with Gasteiger partial charge in [0, 0.05) is 6.54 Å². The molecule has 2 rings (SSSR count). The number of hydrogen-bond donors (Lipinski definition) is 2. The quantitative estimate of drug-likeness (QED) is 0.835. The Morgan fingerprint density at radius 2 is 2.15 bits per heavy atom. The molecule has 0 unspecified atom stereocenters. The number of anilines is 2. The molecule has 0 fully saturated rings. The van der Waals surface area contributed by atoms with Crippen molar-refractivity contribution in [3.8, 4) is 0 Å². The molecule has 0 radical (unpaired) electrons. The summed E-state index contributed by atoms with van der Waals surface area (Å²) in [7, 11) is 1.32. The summed E-state index contributed by atoms with van der Waals surface area (Å²) in [6, 6.07) is 9.67. The van der Waals surface area contributed by atoms with Gasteiger partial charge in [-0.15, -0.1) is 0 Å². The van der Waals surface area contributed by atoms with E-state index in [4.69, 9.17) is 5.73 Å². The van der Waals surface area contributed by atoms with Crippen LogP contribution >= 0.6 is 0 Å². The monoisotopic (exact) mass is 271 g/mol. The molecule has 1 aromatic carbocycles. The fraction of sp³-hybridized carbons (Fsp3) is 0.200. The van der Waals surface area contributed by atoms with E-state index >= 15 is 0 Å². The van der Waals surface area contributed by atoms with Crippen LogP contribution in [-0.2, 0) is 11.3 Å². The third-order valence-electron chi connectivity index (χ3n) is 3.06. The maximum Gasteiger partial charge on any atom is 0.340 e. The average molecular weight is 271 g/mol. The number of nitrogens with one attached hydrogen (secondary N) is 1. The van der Waals surface area contributed by atoms with Gasteiger partial charge in [-0.05, 0) is 24.1 Å². The first-order chi connectivity index (χ1) is 9.61. The number of aryl methyl sites for hydroxylation is 1. The van der Waals surface area contributed by atoms with Crippen LogP contribution in [0, 0.1) is 6.92 Å². The molecule has 0 saturated carbocycles. The van der Waals surface area contributed by atoms with E-state index in [0.717, 1.165) is 0 Å². The second-order valence-corrected chi connectivity index (χ2v) is 4.43. The minimum atomic E-state index is -0.469. The highest BCUT2D eigenvalue weighted by atomic mass is 16.5. The normalized spacial score (nSPS) is 10.1. The number of pyridine rings is 1. The molecule has 1 aromatic heterocycles. The molecule has 2 aromatic rings. The van der Waals surface area contributed by atoms with E-state index in [2.05, 4.69) is 15.0 Å². The van der Waals surface area contributed by atoms with Crippen LogP contribution in [0.2, 0.25) is 0 Å². The number of methoxy groups -OCH3 is 1. The molecule has 0 atom stereocenters. The number of ether oxygens (including phenoxy) is 1. The highest BCUT2D eigenvalue weighted by molar-refractivity contribution is 5.95. The lowest BCUT2D eigenvalue weighted by Crippen LogP contribution is -2.09. The highest BCUT2D eigenvalue weighted by Crippen LogP contribution is 2.17. The molecule has 0 aliphatic rings. The zero-order valence-corrected chi connectivity index (χ0v) is 11.5. The molecular weight excluding hydrogens is 254 g/mol. The van der Waals surface area contributed by atoms with Gasteiger partial charge in [0.05, 0.1) is 24.6 Å². The Kier molecular flexibility index (Phi) is 4.20. The lowest BCUT2D eigenvalue weighted by Gasteiger charge is -2.10. The number of nitrogens with two attached hydrogens (primary N) is 1. The van der Waals surface area contributed by atoms with Crippen molar-refractivity contribution >= 4 is 17.5 Å². The third kappa shape index (κ3) is 3.06. The Bertz CT molecular complexity index is 626. The fourth-order valence-corrected chi connectivity index (χ4v) is 1.84. The molecular formula is C15H17N3O2. The Morgan fingerprint density at radius 3 is 2.85 bits per heavy atom. The topological polar surface area (TPSA) is 77.2 Å². The number of nitrogens with zero attached hydrogens (tertiary/aromatic N) is 1. The maximum atomic E-state index is 11.6. The van der Waals surface area contributed by atoms with Crippen LogP contribution < -0.4 is 11.1 Å². The first kappa shape index (κ1) is 13.9. The largest absolute Gasteiger partial charge is 0.465 e. The van der Waals surface area contributed by atoms with Gasteiger partial charge in [0.2, 0.25) is 0 Å². The number of hydrogen-bond acceptors (Lipinski definition) is 5. The number of nitrogen functional groups attached to an aromatic ring is 1. The number of aromatic nitrogens is 1. The Balaban J connectivity index is 2.14. The Hall–Kier alpha value is -2.56. The molecule has 0 bridgehead atoms. The smallest absolute Gasteiger partial charge is 0.340 e. The van der Waals surface area contributed by atoms with Crippen LogP contribution in [0.25, 0.3) is 0 Å². The molecule has 20 heavy (non-hydrogen) atoms. The summed E-state index contributed by atoms with van der Waals surface area (Å²) in [6.45, 7) is 2.68. The minimum Gasteiger partial charge on any atom is -0.465 e. The third-order valence-corrected chi connectivity index (χ3v) is 3.06. The molecule has 1 heterocycles. The van der Waals surface area contributed by atoms with Crippen LogP contribution in [0.5, 0.6) is 0 Å². The van der Waals surface area contributed by atoms with Gasteiger partial charge in [0.1, 0.15) is 5.82 Å².